The first-order valence-corrected chi connectivity index (χ1v) is 7.21. The van der Waals surface area contributed by atoms with Gasteiger partial charge in [0.1, 0.15) is 4.90 Å². The van der Waals surface area contributed by atoms with E-state index in [4.69, 9.17) is 5.84 Å². The summed E-state index contributed by atoms with van der Waals surface area (Å²) in [7, 11) is -3.83. The molecule has 0 saturated heterocycles. The van der Waals surface area contributed by atoms with Gasteiger partial charge in [-0.1, -0.05) is 0 Å². The summed E-state index contributed by atoms with van der Waals surface area (Å²) in [6, 6.07) is 1.62. The minimum atomic E-state index is -3.83. The number of sulfonamides is 1. The van der Waals surface area contributed by atoms with Gasteiger partial charge < -0.3 is 10.7 Å². The standard InChI is InChI=1S/C10H15N5O3S/c11-15-8-3-4-12-5-9(8)19(17,18)13-6-10(16)14-7-1-2-7/h3-5,7,13H,1-2,6,11H2,(H,12,15)(H,14,16). The van der Waals surface area contributed by atoms with E-state index >= 15 is 0 Å². The summed E-state index contributed by atoms with van der Waals surface area (Å²) in [5.74, 6) is 4.88. The van der Waals surface area contributed by atoms with Gasteiger partial charge in [0, 0.05) is 18.4 Å². The van der Waals surface area contributed by atoms with E-state index in [9.17, 15) is 13.2 Å². The molecule has 5 N–H and O–H groups in total. The van der Waals surface area contributed by atoms with E-state index in [1.54, 1.807) is 0 Å². The molecule has 1 amide bonds. The molecule has 0 radical (unpaired) electrons. The monoisotopic (exact) mass is 285 g/mol. The van der Waals surface area contributed by atoms with Gasteiger partial charge in [0.15, 0.2) is 0 Å². The van der Waals surface area contributed by atoms with E-state index < -0.39 is 10.0 Å². The summed E-state index contributed by atoms with van der Waals surface area (Å²) < 4.78 is 26.2. The number of carbonyl (C=O) groups is 1. The van der Waals surface area contributed by atoms with Gasteiger partial charge in [0.25, 0.3) is 0 Å². The van der Waals surface area contributed by atoms with Crippen molar-refractivity contribution in [3.63, 3.8) is 0 Å². The molecule has 104 valence electrons. The van der Waals surface area contributed by atoms with E-state index in [0.717, 1.165) is 19.0 Å². The fourth-order valence-electron chi connectivity index (χ4n) is 1.46. The number of amides is 1. The SMILES string of the molecule is NNc1ccncc1S(=O)(=O)NCC(=O)NC1CC1. The second kappa shape index (κ2) is 5.51. The predicted molar refractivity (Wildman–Crippen MR) is 68.4 cm³/mol. The highest BCUT2D eigenvalue weighted by atomic mass is 32.2. The van der Waals surface area contributed by atoms with Gasteiger partial charge >= 0.3 is 0 Å². The summed E-state index contributed by atoms with van der Waals surface area (Å²) in [6.07, 6.45) is 4.47. The maximum absolute atomic E-state index is 12.0. The topological polar surface area (TPSA) is 126 Å². The first kappa shape index (κ1) is 13.7. The number of anilines is 1. The molecule has 0 bridgehead atoms. The van der Waals surface area contributed by atoms with Crippen molar-refractivity contribution in [1.29, 1.82) is 0 Å². The van der Waals surface area contributed by atoms with Crippen LogP contribution in [0.3, 0.4) is 0 Å². The lowest BCUT2D eigenvalue weighted by Gasteiger charge is -2.10. The maximum Gasteiger partial charge on any atom is 0.244 e. The van der Waals surface area contributed by atoms with Gasteiger partial charge in [-0.15, -0.1) is 0 Å². The number of hydrazine groups is 1. The number of nitrogen functional groups attached to an aromatic ring is 1. The lowest BCUT2D eigenvalue weighted by molar-refractivity contribution is -0.120. The van der Waals surface area contributed by atoms with Crippen LogP contribution in [0.15, 0.2) is 23.4 Å². The van der Waals surface area contributed by atoms with Crippen molar-refractivity contribution in [2.24, 2.45) is 5.84 Å². The van der Waals surface area contributed by atoms with Gasteiger partial charge in [-0.3, -0.25) is 15.6 Å². The van der Waals surface area contributed by atoms with Crippen molar-refractivity contribution in [2.45, 2.75) is 23.8 Å². The van der Waals surface area contributed by atoms with Crippen molar-refractivity contribution in [3.8, 4) is 0 Å². The average molecular weight is 285 g/mol. The minimum absolute atomic E-state index is 0.100. The van der Waals surface area contributed by atoms with Crippen molar-refractivity contribution in [2.75, 3.05) is 12.0 Å². The number of pyridine rings is 1. The number of nitrogens with one attached hydrogen (secondary N) is 3. The molecule has 0 atom stereocenters. The first-order chi connectivity index (χ1) is 9.03. The van der Waals surface area contributed by atoms with Crippen LogP contribution in [0.25, 0.3) is 0 Å². The molecule has 1 aliphatic carbocycles. The van der Waals surface area contributed by atoms with Gasteiger partial charge in [0.2, 0.25) is 15.9 Å². The zero-order chi connectivity index (χ0) is 13.9. The number of nitrogens with two attached hydrogens (primary N) is 1. The molecule has 2 rings (SSSR count). The Labute approximate surface area is 110 Å². The fourth-order valence-corrected chi connectivity index (χ4v) is 2.55. The second-order valence-corrected chi connectivity index (χ2v) is 5.92. The quantitative estimate of drug-likeness (QED) is 0.389. The summed E-state index contributed by atoms with van der Waals surface area (Å²) in [5.41, 5.74) is 2.48. The Kier molecular flexibility index (Phi) is 3.98. The molecule has 8 nitrogen and oxygen atoms in total. The molecule has 9 heteroatoms. The highest BCUT2D eigenvalue weighted by Gasteiger charge is 2.24. The average Bonchev–Trinajstić information content (AvgIpc) is 3.20. The lowest BCUT2D eigenvalue weighted by Crippen LogP contribution is -2.38. The molecule has 19 heavy (non-hydrogen) atoms. The van der Waals surface area contributed by atoms with Crippen LogP contribution in [0, 0.1) is 0 Å². The molecule has 0 unspecified atom stereocenters. The van der Waals surface area contributed by atoms with Crippen LogP contribution in [-0.2, 0) is 14.8 Å². The van der Waals surface area contributed by atoms with Crippen LogP contribution >= 0.6 is 0 Å². The molecule has 0 aliphatic heterocycles. The number of aromatic nitrogens is 1. The maximum atomic E-state index is 12.0. The largest absolute Gasteiger partial charge is 0.352 e. The lowest BCUT2D eigenvalue weighted by atomic mass is 10.4. The van der Waals surface area contributed by atoms with Gasteiger partial charge in [0.05, 0.1) is 12.2 Å². The molecule has 1 saturated carbocycles. The zero-order valence-corrected chi connectivity index (χ0v) is 10.9. The number of carbonyl (C=O) groups excluding carboxylic acids is 1. The van der Waals surface area contributed by atoms with E-state index in [2.05, 4.69) is 20.4 Å². The van der Waals surface area contributed by atoms with Gasteiger partial charge in [-0.05, 0) is 18.9 Å². The molecular weight excluding hydrogens is 270 g/mol. The van der Waals surface area contributed by atoms with Crippen LogP contribution in [0.5, 0.6) is 0 Å². The third-order valence-electron chi connectivity index (χ3n) is 2.59. The highest BCUT2D eigenvalue weighted by molar-refractivity contribution is 7.89. The summed E-state index contributed by atoms with van der Waals surface area (Å²) in [4.78, 5) is 15.1. The molecule has 0 spiro atoms. The molecular formula is C10H15N5O3S. The van der Waals surface area contributed by atoms with E-state index in [0.29, 0.717) is 0 Å². The fraction of sp³-hybridized carbons (Fsp3) is 0.400. The summed E-state index contributed by atoms with van der Waals surface area (Å²) in [6.45, 7) is -0.308. The smallest absolute Gasteiger partial charge is 0.244 e. The molecule has 1 heterocycles. The zero-order valence-electron chi connectivity index (χ0n) is 10.1. The summed E-state index contributed by atoms with van der Waals surface area (Å²) in [5, 5.41) is 2.68. The molecule has 1 aromatic heterocycles. The van der Waals surface area contributed by atoms with Crippen molar-refractivity contribution in [3.05, 3.63) is 18.5 Å². The molecule has 1 aromatic rings. The van der Waals surface area contributed by atoms with E-state index in [1.165, 1.54) is 12.3 Å². The van der Waals surface area contributed by atoms with Crippen LogP contribution in [0.4, 0.5) is 5.69 Å². The van der Waals surface area contributed by atoms with Crippen LogP contribution < -0.4 is 21.3 Å². The van der Waals surface area contributed by atoms with Crippen LogP contribution in [-0.4, -0.2) is 31.9 Å². The van der Waals surface area contributed by atoms with Gasteiger partial charge in [-0.2, -0.15) is 0 Å². The highest BCUT2D eigenvalue weighted by Crippen LogP contribution is 2.19. The normalized spacial score (nSPS) is 15.0. The minimum Gasteiger partial charge on any atom is -0.352 e. The van der Waals surface area contributed by atoms with Crippen molar-refractivity contribution < 1.29 is 13.2 Å². The third kappa shape index (κ3) is 3.63. The molecule has 1 aliphatic rings. The van der Waals surface area contributed by atoms with Crippen molar-refractivity contribution in [1.82, 2.24) is 15.0 Å². The van der Waals surface area contributed by atoms with Crippen LogP contribution in [0.1, 0.15) is 12.8 Å². The number of rotatable bonds is 6. The number of nitrogens with zero attached hydrogens (tertiary/aromatic N) is 1. The third-order valence-corrected chi connectivity index (χ3v) is 4.02. The van der Waals surface area contributed by atoms with E-state index in [1.807, 2.05) is 0 Å². The Bertz CT molecular complexity index is 570. The van der Waals surface area contributed by atoms with Crippen LogP contribution in [0.2, 0.25) is 0 Å². The Morgan fingerprint density at radius 3 is 2.84 bits per heavy atom. The van der Waals surface area contributed by atoms with Gasteiger partial charge in [-0.25, -0.2) is 13.1 Å². The first-order valence-electron chi connectivity index (χ1n) is 5.72. The number of hydrogen-bond donors (Lipinski definition) is 4. The Hall–Kier alpha value is -1.71. The summed E-state index contributed by atoms with van der Waals surface area (Å²) >= 11 is 0. The van der Waals surface area contributed by atoms with Crippen molar-refractivity contribution >= 4 is 21.6 Å². The number of hydrogen-bond acceptors (Lipinski definition) is 6. The van der Waals surface area contributed by atoms with E-state index in [-0.39, 0.29) is 29.1 Å². The molecule has 0 aromatic carbocycles. The molecule has 1 fully saturated rings. The second-order valence-electron chi connectivity index (χ2n) is 4.18. The Balaban J connectivity index is 2.02. The Morgan fingerprint density at radius 2 is 2.21 bits per heavy atom. The Morgan fingerprint density at radius 1 is 1.47 bits per heavy atom. The predicted octanol–water partition coefficient (Wildman–Crippen LogP) is -1.08.